The van der Waals surface area contributed by atoms with Crippen LogP contribution >= 0.6 is 11.3 Å². The second kappa shape index (κ2) is 3.07. The molecule has 0 aromatic carbocycles. The first-order valence-electron chi connectivity index (χ1n) is 4.91. The first-order valence-corrected chi connectivity index (χ1v) is 5.79. The Hall–Kier alpha value is -0.870. The van der Waals surface area contributed by atoms with Crippen molar-refractivity contribution in [2.75, 3.05) is 13.1 Å². The van der Waals surface area contributed by atoms with Gasteiger partial charge in [-0.1, -0.05) is 6.07 Å². The van der Waals surface area contributed by atoms with Gasteiger partial charge in [-0.05, 0) is 23.3 Å². The van der Waals surface area contributed by atoms with Crippen molar-refractivity contribution in [3.8, 4) is 0 Å². The van der Waals surface area contributed by atoms with Crippen LogP contribution in [0.15, 0.2) is 17.5 Å². The molecular formula is C10H12N2OS. The molecule has 1 saturated carbocycles. The van der Waals surface area contributed by atoms with Crippen LogP contribution in [0.3, 0.4) is 0 Å². The molecule has 3 nitrogen and oxygen atoms in total. The van der Waals surface area contributed by atoms with E-state index < -0.39 is 0 Å². The molecule has 2 unspecified atom stereocenters. The van der Waals surface area contributed by atoms with Crippen molar-refractivity contribution in [2.24, 2.45) is 11.8 Å². The van der Waals surface area contributed by atoms with E-state index in [2.05, 4.69) is 10.6 Å². The third kappa shape index (κ3) is 1.26. The van der Waals surface area contributed by atoms with Crippen molar-refractivity contribution in [2.45, 2.75) is 6.04 Å². The average molecular weight is 208 g/mol. The van der Waals surface area contributed by atoms with Gasteiger partial charge in [-0.25, -0.2) is 0 Å². The first kappa shape index (κ1) is 8.44. The third-order valence-electron chi connectivity index (χ3n) is 3.13. The molecule has 2 fully saturated rings. The maximum atomic E-state index is 11.7. The number of rotatable bonds is 2. The van der Waals surface area contributed by atoms with Crippen LogP contribution in [0.1, 0.15) is 9.67 Å². The van der Waals surface area contributed by atoms with Gasteiger partial charge < -0.3 is 10.6 Å². The fourth-order valence-electron chi connectivity index (χ4n) is 2.26. The fourth-order valence-corrected chi connectivity index (χ4v) is 2.89. The zero-order valence-corrected chi connectivity index (χ0v) is 8.51. The van der Waals surface area contributed by atoms with E-state index in [1.807, 2.05) is 17.5 Å². The van der Waals surface area contributed by atoms with Crippen LogP contribution in [0, 0.1) is 11.8 Å². The Morgan fingerprint density at radius 3 is 2.93 bits per heavy atom. The summed E-state index contributed by atoms with van der Waals surface area (Å²) in [5.74, 6) is 1.48. The Bertz CT molecular complexity index is 339. The molecule has 1 aliphatic heterocycles. The zero-order valence-electron chi connectivity index (χ0n) is 7.69. The number of amides is 1. The number of carbonyl (C=O) groups is 1. The number of nitrogens with one attached hydrogen (secondary N) is 2. The fraction of sp³-hybridized carbons (Fsp3) is 0.500. The Morgan fingerprint density at radius 2 is 2.29 bits per heavy atom. The highest BCUT2D eigenvalue weighted by Crippen LogP contribution is 2.41. The zero-order chi connectivity index (χ0) is 9.54. The Morgan fingerprint density at radius 1 is 1.50 bits per heavy atom. The molecule has 2 heterocycles. The minimum absolute atomic E-state index is 0.0967. The summed E-state index contributed by atoms with van der Waals surface area (Å²) in [6.07, 6.45) is 0. The molecule has 0 spiro atoms. The molecule has 1 aliphatic carbocycles. The lowest BCUT2D eigenvalue weighted by atomic mass is 10.4. The van der Waals surface area contributed by atoms with Gasteiger partial charge in [0.15, 0.2) is 0 Å². The van der Waals surface area contributed by atoms with E-state index in [9.17, 15) is 4.79 Å². The van der Waals surface area contributed by atoms with E-state index in [0.717, 1.165) is 18.0 Å². The van der Waals surface area contributed by atoms with Gasteiger partial charge in [-0.15, -0.1) is 11.3 Å². The van der Waals surface area contributed by atoms with Crippen LogP contribution in [-0.2, 0) is 0 Å². The van der Waals surface area contributed by atoms with Crippen LogP contribution < -0.4 is 10.6 Å². The van der Waals surface area contributed by atoms with E-state index in [4.69, 9.17) is 0 Å². The van der Waals surface area contributed by atoms with Crippen molar-refractivity contribution in [1.82, 2.24) is 10.6 Å². The summed E-state index contributed by atoms with van der Waals surface area (Å²) in [7, 11) is 0. The minimum Gasteiger partial charge on any atom is -0.348 e. The topological polar surface area (TPSA) is 41.1 Å². The van der Waals surface area contributed by atoms with Gasteiger partial charge in [-0.3, -0.25) is 4.79 Å². The maximum absolute atomic E-state index is 11.7. The summed E-state index contributed by atoms with van der Waals surface area (Å²) in [5.41, 5.74) is 0. The van der Waals surface area contributed by atoms with Gasteiger partial charge in [0.1, 0.15) is 0 Å². The standard InChI is InChI=1S/C10H12N2OS/c13-10(8-2-1-3-14-8)12-9-6-4-11-5-7(6)9/h1-3,6-7,9,11H,4-5H2,(H,12,13). The molecule has 1 aromatic rings. The summed E-state index contributed by atoms with van der Waals surface area (Å²) in [4.78, 5) is 12.5. The van der Waals surface area contributed by atoms with Crippen molar-refractivity contribution in [3.05, 3.63) is 22.4 Å². The first-order chi connectivity index (χ1) is 6.86. The SMILES string of the molecule is O=C(NC1C2CNCC21)c1cccs1. The molecular weight excluding hydrogens is 196 g/mol. The van der Waals surface area contributed by atoms with Crippen molar-refractivity contribution in [1.29, 1.82) is 0 Å². The lowest BCUT2D eigenvalue weighted by molar-refractivity contribution is 0.0950. The highest BCUT2D eigenvalue weighted by Gasteiger charge is 2.53. The molecule has 4 heteroatoms. The molecule has 0 bridgehead atoms. The highest BCUT2D eigenvalue weighted by atomic mass is 32.1. The molecule has 1 amide bonds. The smallest absolute Gasteiger partial charge is 0.261 e. The number of carbonyl (C=O) groups excluding carboxylic acids is 1. The number of hydrogen-bond donors (Lipinski definition) is 2. The number of fused-ring (bicyclic) bond motifs is 1. The molecule has 2 aliphatic rings. The molecule has 3 rings (SSSR count). The van der Waals surface area contributed by atoms with Crippen molar-refractivity contribution >= 4 is 17.2 Å². The van der Waals surface area contributed by atoms with Gasteiger partial charge in [-0.2, -0.15) is 0 Å². The van der Waals surface area contributed by atoms with Crippen LogP contribution in [0.4, 0.5) is 0 Å². The van der Waals surface area contributed by atoms with E-state index in [-0.39, 0.29) is 5.91 Å². The number of piperidine rings is 1. The maximum Gasteiger partial charge on any atom is 0.261 e. The van der Waals surface area contributed by atoms with Crippen molar-refractivity contribution in [3.63, 3.8) is 0 Å². The number of hydrogen-bond acceptors (Lipinski definition) is 3. The van der Waals surface area contributed by atoms with E-state index >= 15 is 0 Å². The molecule has 2 atom stereocenters. The van der Waals surface area contributed by atoms with Crippen LogP contribution in [-0.4, -0.2) is 25.0 Å². The minimum atomic E-state index is 0.0967. The van der Waals surface area contributed by atoms with Gasteiger partial charge in [0.2, 0.25) is 0 Å². The predicted molar refractivity (Wildman–Crippen MR) is 55.4 cm³/mol. The van der Waals surface area contributed by atoms with E-state index in [0.29, 0.717) is 17.9 Å². The molecule has 0 radical (unpaired) electrons. The third-order valence-corrected chi connectivity index (χ3v) is 4.00. The molecule has 2 N–H and O–H groups in total. The van der Waals surface area contributed by atoms with Crippen molar-refractivity contribution < 1.29 is 4.79 Å². The summed E-state index contributed by atoms with van der Waals surface area (Å²) in [6, 6.07) is 4.22. The quantitative estimate of drug-likeness (QED) is 0.751. The van der Waals surface area contributed by atoms with Gasteiger partial charge >= 0.3 is 0 Å². The lowest BCUT2D eigenvalue weighted by Gasteiger charge is -2.05. The second-order valence-corrected chi connectivity index (χ2v) is 4.91. The molecule has 14 heavy (non-hydrogen) atoms. The van der Waals surface area contributed by atoms with Gasteiger partial charge in [0.25, 0.3) is 5.91 Å². The summed E-state index contributed by atoms with van der Waals surface area (Å²) >= 11 is 1.50. The largest absolute Gasteiger partial charge is 0.348 e. The monoisotopic (exact) mass is 208 g/mol. The van der Waals surface area contributed by atoms with Crippen LogP contribution in [0.2, 0.25) is 0 Å². The second-order valence-electron chi connectivity index (χ2n) is 3.96. The Kier molecular flexibility index (Phi) is 1.85. The van der Waals surface area contributed by atoms with Gasteiger partial charge in [0.05, 0.1) is 4.88 Å². The summed E-state index contributed by atoms with van der Waals surface area (Å²) in [6.45, 7) is 2.14. The van der Waals surface area contributed by atoms with Crippen LogP contribution in [0.5, 0.6) is 0 Å². The summed E-state index contributed by atoms with van der Waals surface area (Å²) in [5, 5.41) is 8.34. The normalized spacial score (nSPS) is 33.9. The highest BCUT2D eigenvalue weighted by molar-refractivity contribution is 7.12. The Balaban J connectivity index is 1.61. The molecule has 74 valence electrons. The summed E-state index contributed by atoms with van der Waals surface area (Å²) < 4.78 is 0. The Labute approximate surface area is 86.5 Å². The average Bonchev–Trinajstić information content (AvgIpc) is 2.75. The van der Waals surface area contributed by atoms with E-state index in [1.54, 1.807) is 0 Å². The molecule has 1 saturated heterocycles. The predicted octanol–water partition coefficient (Wildman–Crippen LogP) is 0.696. The number of thiophene rings is 1. The molecule has 1 aromatic heterocycles. The van der Waals surface area contributed by atoms with E-state index in [1.165, 1.54) is 11.3 Å². The van der Waals surface area contributed by atoms with Crippen LogP contribution in [0.25, 0.3) is 0 Å². The lowest BCUT2D eigenvalue weighted by Crippen LogP contribution is -2.32. The van der Waals surface area contributed by atoms with Gasteiger partial charge in [0, 0.05) is 19.1 Å².